The zero-order valence-corrected chi connectivity index (χ0v) is 18.5. The van der Waals surface area contributed by atoms with Crippen molar-refractivity contribution in [3.05, 3.63) is 95.1 Å². The quantitative estimate of drug-likeness (QED) is 0.476. The molecule has 0 unspecified atom stereocenters. The second kappa shape index (κ2) is 10.8. The summed E-state index contributed by atoms with van der Waals surface area (Å²) in [6.45, 7) is 3.68. The SMILES string of the molecule is COc1ccc(CN(C)Cc2ccc(CN(C)Cc3ccc(OC)cc3)cc2)cc1. The first-order valence-corrected chi connectivity index (χ1v) is 10.3. The van der Waals surface area contributed by atoms with Gasteiger partial charge in [0.15, 0.2) is 0 Å². The molecular weight excluding hydrogens is 372 g/mol. The van der Waals surface area contributed by atoms with E-state index in [1.54, 1.807) is 14.2 Å². The van der Waals surface area contributed by atoms with Crippen LogP contribution in [0.3, 0.4) is 0 Å². The van der Waals surface area contributed by atoms with E-state index in [-0.39, 0.29) is 0 Å². The lowest BCUT2D eigenvalue weighted by molar-refractivity contribution is 0.316. The number of rotatable bonds is 10. The van der Waals surface area contributed by atoms with Crippen LogP contribution >= 0.6 is 0 Å². The van der Waals surface area contributed by atoms with E-state index in [4.69, 9.17) is 9.47 Å². The molecule has 0 spiro atoms. The van der Waals surface area contributed by atoms with Gasteiger partial charge in [-0.05, 0) is 60.6 Å². The summed E-state index contributed by atoms with van der Waals surface area (Å²) in [5.74, 6) is 1.79. The van der Waals surface area contributed by atoms with Crippen LogP contribution in [0.4, 0.5) is 0 Å². The van der Waals surface area contributed by atoms with E-state index in [0.717, 1.165) is 37.7 Å². The molecule has 0 amide bonds. The smallest absolute Gasteiger partial charge is 0.118 e. The Hall–Kier alpha value is -2.82. The van der Waals surface area contributed by atoms with E-state index in [0.29, 0.717) is 0 Å². The van der Waals surface area contributed by atoms with Crippen LogP contribution in [-0.2, 0) is 26.2 Å². The Morgan fingerprint density at radius 2 is 0.700 bits per heavy atom. The van der Waals surface area contributed by atoms with E-state index in [9.17, 15) is 0 Å². The molecule has 0 aliphatic rings. The van der Waals surface area contributed by atoms with E-state index in [1.165, 1.54) is 22.3 Å². The third-order valence-corrected chi connectivity index (χ3v) is 5.15. The maximum atomic E-state index is 5.23. The van der Waals surface area contributed by atoms with Crippen molar-refractivity contribution in [2.75, 3.05) is 28.3 Å². The van der Waals surface area contributed by atoms with Gasteiger partial charge in [-0.2, -0.15) is 0 Å². The molecule has 0 bridgehead atoms. The minimum atomic E-state index is 0.897. The summed E-state index contributed by atoms with van der Waals surface area (Å²) in [5, 5.41) is 0. The van der Waals surface area contributed by atoms with Crippen molar-refractivity contribution in [3.63, 3.8) is 0 Å². The van der Waals surface area contributed by atoms with E-state index >= 15 is 0 Å². The van der Waals surface area contributed by atoms with E-state index < -0.39 is 0 Å². The fraction of sp³-hybridized carbons (Fsp3) is 0.308. The van der Waals surface area contributed by atoms with Gasteiger partial charge in [-0.1, -0.05) is 48.5 Å². The number of methoxy groups -OCH3 is 2. The van der Waals surface area contributed by atoms with Gasteiger partial charge >= 0.3 is 0 Å². The summed E-state index contributed by atoms with van der Waals surface area (Å²) in [6, 6.07) is 25.5. The Morgan fingerprint density at radius 3 is 0.933 bits per heavy atom. The average molecular weight is 405 g/mol. The maximum Gasteiger partial charge on any atom is 0.118 e. The fourth-order valence-corrected chi connectivity index (χ4v) is 3.57. The Labute approximate surface area is 180 Å². The molecule has 3 aromatic carbocycles. The van der Waals surface area contributed by atoms with Gasteiger partial charge in [0, 0.05) is 26.2 Å². The van der Waals surface area contributed by atoms with Crippen LogP contribution in [-0.4, -0.2) is 38.1 Å². The van der Waals surface area contributed by atoms with Crippen molar-refractivity contribution >= 4 is 0 Å². The molecule has 0 fully saturated rings. The largest absolute Gasteiger partial charge is 0.497 e. The van der Waals surface area contributed by atoms with Crippen LogP contribution in [0.2, 0.25) is 0 Å². The van der Waals surface area contributed by atoms with Crippen molar-refractivity contribution in [1.82, 2.24) is 9.80 Å². The lowest BCUT2D eigenvalue weighted by atomic mass is 10.1. The molecule has 3 rings (SSSR count). The fourth-order valence-electron chi connectivity index (χ4n) is 3.57. The molecule has 0 saturated carbocycles. The van der Waals surface area contributed by atoms with Crippen LogP contribution < -0.4 is 9.47 Å². The molecule has 30 heavy (non-hydrogen) atoms. The number of nitrogens with zero attached hydrogens (tertiary/aromatic N) is 2. The van der Waals surface area contributed by atoms with Gasteiger partial charge in [0.2, 0.25) is 0 Å². The predicted molar refractivity (Wildman–Crippen MR) is 123 cm³/mol. The summed E-state index contributed by atoms with van der Waals surface area (Å²) in [4.78, 5) is 4.65. The van der Waals surface area contributed by atoms with Crippen LogP contribution in [0.25, 0.3) is 0 Å². The summed E-state index contributed by atoms with van der Waals surface area (Å²) >= 11 is 0. The summed E-state index contributed by atoms with van der Waals surface area (Å²) in [6.07, 6.45) is 0. The highest BCUT2D eigenvalue weighted by Crippen LogP contribution is 2.16. The second-order valence-electron chi connectivity index (χ2n) is 7.86. The summed E-state index contributed by atoms with van der Waals surface area (Å²) < 4.78 is 10.5. The number of hydrogen-bond donors (Lipinski definition) is 0. The second-order valence-corrected chi connectivity index (χ2v) is 7.86. The van der Waals surface area contributed by atoms with Crippen LogP contribution in [0, 0.1) is 0 Å². The third kappa shape index (κ3) is 6.61. The normalized spacial score (nSPS) is 11.1. The highest BCUT2D eigenvalue weighted by atomic mass is 16.5. The molecule has 0 saturated heterocycles. The Kier molecular flexibility index (Phi) is 7.89. The predicted octanol–water partition coefficient (Wildman–Crippen LogP) is 4.97. The average Bonchev–Trinajstić information content (AvgIpc) is 2.76. The number of ether oxygens (including phenoxy) is 2. The minimum absolute atomic E-state index is 0.897. The first-order valence-electron chi connectivity index (χ1n) is 10.3. The zero-order chi connectivity index (χ0) is 21.3. The molecule has 4 heteroatoms. The number of hydrogen-bond acceptors (Lipinski definition) is 4. The van der Waals surface area contributed by atoms with Crippen molar-refractivity contribution in [2.24, 2.45) is 0 Å². The molecular formula is C26H32N2O2. The molecule has 0 radical (unpaired) electrons. The molecule has 0 aliphatic heterocycles. The summed E-state index contributed by atoms with van der Waals surface area (Å²) in [5.41, 5.74) is 5.23. The molecule has 158 valence electrons. The molecule has 0 heterocycles. The highest BCUT2D eigenvalue weighted by molar-refractivity contribution is 5.28. The first-order chi connectivity index (χ1) is 14.6. The lowest BCUT2D eigenvalue weighted by Crippen LogP contribution is -2.18. The molecule has 4 nitrogen and oxygen atoms in total. The van der Waals surface area contributed by atoms with Crippen LogP contribution in [0.1, 0.15) is 22.3 Å². The van der Waals surface area contributed by atoms with Gasteiger partial charge < -0.3 is 9.47 Å². The van der Waals surface area contributed by atoms with Gasteiger partial charge in [0.25, 0.3) is 0 Å². The Morgan fingerprint density at radius 1 is 0.467 bits per heavy atom. The Balaban J connectivity index is 1.48. The van der Waals surface area contributed by atoms with Gasteiger partial charge in [0.05, 0.1) is 14.2 Å². The van der Waals surface area contributed by atoms with Crippen molar-refractivity contribution in [2.45, 2.75) is 26.2 Å². The monoisotopic (exact) mass is 404 g/mol. The molecule has 0 atom stereocenters. The Bertz CT molecular complexity index is 813. The van der Waals surface area contributed by atoms with Crippen molar-refractivity contribution in [1.29, 1.82) is 0 Å². The number of benzene rings is 3. The van der Waals surface area contributed by atoms with Gasteiger partial charge in [-0.25, -0.2) is 0 Å². The van der Waals surface area contributed by atoms with Crippen molar-refractivity contribution < 1.29 is 9.47 Å². The molecule has 0 N–H and O–H groups in total. The lowest BCUT2D eigenvalue weighted by Gasteiger charge is -2.19. The molecule has 0 aliphatic carbocycles. The zero-order valence-electron chi connectivity index (χ0n) is 18.5. The van der Waals surface area contributed by atoms with Crippen LogP contribution in [0.15, 0.2) is 72.8 Å². The van der Waals surface area contributed by atoms with Crippen molar-refractivity contribution in [3.8, 4) is 11.5 Å². The first kappa shape index (κ1) is 21.9. The molecule has 0 aromatic heterocycles. The third-order valence-electron chi connectivity index (χ3n) is 5.15. The van der Waals surface area contributed by atoms with Gasteiger partial charge in [0.1, 0.15) is 11.5 Å². The maximum absolute atomic E-state index is 5.23. The van der Waals surface area contributed by atoms with Gasteiger partial charge in [-0.3, -0.25) is 9.80 Å². The topological polar surface area (TPSA) is 24.9 Å². The molecule has 3 aromatic rings. The highest BCUT2D eigenvalue weighted by Gasteiger charge is 2.05. The minimum Gasteiger partial charge on any atom is -0.497 e. The summed E-state index contributed by atoms with van der Waals surface area (Å²) in [7, 11) is 7.70. The van der Waals surface area contributed by atoms with E-state index in [1.807, 2.05) is 24.3 Å². The van der Waals surface area contributed by atoms with Gasteiger partial charge in [-0.15, -0.1) is 0 Å². The van der Waals surface area contributed by atoms with E-state index in [2.05, 4.69) is 72.4 Å². The van der Waals surface area contributed by atoms with Crippen LogP contribution in [0.5, 0.6) is 11.5 Å². The standard InChI is InChI=1S/C26H32N2O2/c1-27(19-23-9-13-25(29-3)14-10-23)17-21-5-7-22(8-6-21)18-28(2)20-24-11-15-26(30-4)16-12-24/h5-16H,17-20H2,1-4H3.